The van der Waals surface area contributed by atoms with Crippen molar-refractivity contribution in [1.82, 2.24) is 20.2 Å². The number of nitriles is 1. The molecule has 0 spiro atoms. The molecule has 0 saturated carbocycles. The molecule has 0 aliphatic heterocycles. The first-order valence-corrected chi connectivity index (χ1v) is 7.92. The SMILES string of the molecule is Cc1ccc2nc(/C(C#N)=C\c3cn[nH]c3-c3ccccc3)[nH]c2c1. The number of hydrogen-bond acceptors (Lipinski definition) is 3. The van der Waals surface area contributed by atoms with Crippen molar-refractivity contribution in [2.24, 2.45) is 0 Å². The first-order chi connectivity index (χ1) is 12.2. The van der Waals surface area contributed by atoms with Gasteiger partial charge in [-0.15, -0.1) is 0 Å². The highest BCUT2D eigenvalue weighted by atomic mass is 15.1. The van der Waals surface area contributed by atoms with Gasteiger partial charge in [0.25, 0.3) is 0 Å². The van der Waals surface area contributed by atoms with Gasteiger partial charge in [-0.25, -0.2) is 4.98 Å². The minimum absolute atomic E-state index is 0.465. The maximum atomic E-state index is 9.61. The summed E-state index contributed by atoms with van der Waals surface area (Å²) in [6, 6.07) is 18.1. The molecule has 2 heterocycles. The number of allylic oxidation sites excluding steroid dienone is 1. The topological polar surface area (TPSA) is 81.2 Å². The summed E-state index contributed by atoms with van der Waals surface area (Å²) in [4.78, 5) is 7.76. The molecule has 120 valence electrons. The third-order valence-electron chi connectivity index (χ3n) is 4.04. The van der Waals surface area contributed by atoms with Crippen LogP contribution in [0.4, 0.5) is 0 Å². The highest BCUT2D eigenvalue weighted by molar-refractivity contribution is 5.92. The molecular weight excluding hydrogens is 310 g/mol. The van der Waals surface area contributed by atoms with Crippen LogP contribution in [0.25, 0.3) is 33.9 Å². The molecule has 2 N–H and O–H groups in total. The number of H-pyrrole nitrogens is 2. The van der Waals surface area contributed by atoms with E-state index in [4.69, 9.17) is 0 Å². The second kappa shape index (κ2) is 6.10. The second-order valence-electron chi connectivity index (χ2n) is 5.84. The van der Waals surface area contributed by atoms with Crippen LogP contribution in [-0.4, -0.2) is 20.2 Å². The Hall–Kier alpha value is -3.65. The van der Waals surface area contributed by atoms with E-state index in [0.29, 0.717) is 11.4 Å². The zero-order valence-electron chi connectivity index (χ0n) is 13.6. The zero-order valence-corrected chi connectivity index (χ0v) is 13.6. The Morgan fingerprint density at radius 3 is 2.80 bits per heavy atom. The van der Waals surface area contributed by atoms with Gasteiger partial charge in [0.2, 0.25) is 0 Å². The van der Waals surface area contributed by atoms with Crippen LogP contribution >= 0.6 is 0 Å². The lowest BCUT2D eigenvalue weighted by Crippen LogP contribution is -1.86. The lowest BCUT2D eigenvalue weighted by Gasteiger charge is -2.00. The molecule has 0 amide bonds. The number of rotatable bonds is 3. The van der Waals surface area contributed by atoms with Gasteiger partial charge in [-0.3, -0.25) is 5.10 Å². The van der Waals surface area contributed by atoms with E-state index < -0.39 is 0 Å². The molecule has 4 rings (SSSR count). The zero-order chi connectivity index (χ0) is 17.2. The molecule has 0 fully saturated rings. The molecule has 0 bridgehead atoms. The van der Waals surface area contributed by atoms with Gasteiger partial charge >= 0.3 is 0 Å². The molecule has 0 aliphatic carbocycles. The van der Waals surface area contributed by atoms with Crippen molar-refractivity contribution >= 4 is 22.7 Å². The predicted molar refractivity (Wildman–Crippen MR) is 98.3 cm³/mol. The smallest absolute Gasteiger partial charge is 0.149 e. The molecule has 0 atom stereocenters. The summed E-state index contributed by atoms with van der Waals surface area (Å²) in [5, 5.41) is 16.7. The second-order valence-corrected chi connectivity index (χ2v) is 5.84. The van der Waals surface area contributed by atoms with Crippen LogP contribution < -0.4 is 0 Å². The maximum absolute atomic E-state index is 9.61. The number of hydrogen-bond donors (Lipinski definition) is 2. The number of aryl methyl sites for hydroxylation is 1. The average Bonchev–Trinajstić information content (AvgIpc) is 3.26. The summed E-state index contributed by atoms with van der Waals surface area (Å²) in [7, 11) is 0. The number of fused-ring (bicyclic) bond motifs is 1. The Kier molecular flexibility index (Phi) is 3.64. The molecule has 2 aromatic heterocycles. The molecule has 0 unspecified atom stereocenters. The van der Waals surface area contributed by atoms with Crippen molar-refractivity contribution < 1.29 is 0 Å². The van der Waals surface area contributed by atoms with E-state index in [0.717, 1.165) is 33.4 Å². The minimum atomic E-state index is 0.465. The van der Waals surface area contributed by atoms with Gasteiger partial charge in [0.15, 0.2) is 0 Å². The number of imidazole rings is 1. The van der Waals surface area contributed by atoms with E-state index in [-0.39, 0.29) is 0 Å². The fourth-order valence-corrected chi connectivity index (χ4v) is 2.80. The monoisotopic (exact) mass is 325 g/mol. The van der Waals surface area contributed by atoms with Crippen molar-refractivity contribution in [3.05, 3.63) is 71.7 Å². The van der Waals surface area contributed by atoms with Gasteiger partial charge in [0.05, 0.1) is 28.5 Å². The van der Waals surface area contributed by atoms with E-state index in [1.807, 2.05) is 55.5 Å². The van der Waals surface area contributed by atoms with Crippen LogP contribution in [0.5, 0.6) is 0 Å². The molecule has 0 radical (unpaired) electrons. The summed E-state index contributed by atoms with van der Waals surface area (Å²) in [5.74, 6) is 0.559. The first kappa shape index (κ1) is 14.9. The quantitative estimate of drug-likeness (QED) is 0.550. The van der Waals surface area contributed by atoms with Crippen molar-refractivity contribution in [2.45, 2.75) is 6.92 Å². The summed E-state index contributed by atoms with van der Waals surface area (Å²) in [5.41, 5.74) is 6.12. The highest BCUT2D eigenvalue weighted by Crippen LogP contribution is 2.25. The van der Waals surface area contributed by atoms with E-state index >= 15 is 0 Å². The highest BCUT2D eigenvalue weighted by Gasteiger charge is 2.11. The van der Waals surface area contributed by atoms with E-state index in [9.17, 15) is 5.26 Å². The normalized spacial score (nSPS) is 11.6. The summed E-state index contributed by atoms with van der Waals surface area (Å²) >= 11 is 0. The van der Waals surface area contributed by atoms with Gasteiger partial charge in [-0.05, 0) is 30.7 Å². The Morgan fingerprint density at radius 2 is 2.00 bits per heavy atom. The average molecular weight is 325 g/mol. The number of aromatic nitrogens is 4. The molecular formula is C20H15N5. The fraction of sp³-hybridized carbons (Fsp3) is 0.0500. The lowest BCUT2D eigenvalue weighted by molar-refractivity contribution is 1.10. The molecule has 4 aromatic rings. The maximum Gasteiger partial charge on any atom is 0.149 e. The van der Waals surface area contributed by atoms with Gasteiger partial charge in [0, 0.05) is 11.1 Å². The summed E-state index contributed by atoms with van der Waals surface area (Å²) < 4.78 is 0. The third-order valence-corrected chi connectivity index (χ3v) is 4.04. The number of benzene rings is 2. The Bertz CT molecular complexity index is 1110. The van der Waals surface area contributed by atoms with E-state index in [1.54, 1.807) is 12.3 Å². The largest absolute Gasteiger partial charge is 0.337 e. The Balaban J connectivity index is 1.79. The van der Waals surface area contributed by atoms with Gasteiger partial charge in [0.1, 0.15) is 11.9 Å². The van der Waals surface area contributed by atoms with Crippen molar-refractivity contribution in [1.29, 1.82) is 5.26 Å². The number of nitrogens with one attached hydrogen (secondary N) is 2. The van der Waals surface area contributed by atoms with Crippen molar-refractivity contribution in [3.63, 3.8) is 0 Å². The molecule has 2 aromatic carbocycles. The summed E-state index contributed by atoms with van der Waals surface area (Å²) in [6.45, 7) is 2.03. The minimum Gasteiger partial charge on any atom is -0.337 e. The fourth-order valence-electron chi connectivity index (χ4n) is 2.80. The number of aromatic amines is 2. The molecule has 5 heteroatoms. The van der Waals surface area contributed by atoms with Gasteiger partial charge in [-0.2, -0.15) is 10.4 Å². The standard InChI is InChI=1S/C20H15N5/c1-13-7-8-17-18(9-13)24-20(23-17)15(11-21)10-16-12-22-25-19(16)14-5-3-2-4-6-14/h2-10,12H,1H3,(H,22,25)(H,23,24)/b15-10-. The Morgan fingerprint density at radius 1 is 1.16 bits per heavy atom. The van der Waals surface area contributed by atoms with Crippen molar-refractivity contribution in [2.75, 3.05) is 0 Å². The Labute approximate surface area is 144 Å². The molecule has 25 heavy (non-hydrogen) atoms. The van der Waals surface area contributed by atoms with Crippen LogP contribution in [0.3, 0.4) is 0 Å². The van der Waals surface area contributed by atoms with Crippen LogP contribution in [0.2, 0.25) is 0 Å². The van der Waals surface area contributed by atoms with Crippen LogP contribution in [-0.2, 0) is 0 Å². The van der Waals surface area contributed by atoms with Crippen LogP contribution in [0.15, 0.2) is 54.7 Å². The van der Waals surface area contributed by atoms with Gasteiger partial charge < -0.3 is 4.98 Å². The summed E-state index contributed by atoms with van der Waals surface area (Å²) in [6.07, 6.45) is 3.52. The lowest BCUT2D eigenvalue weighted by atomic mass is 10.1. The van der Waals surface area contributed by atoms with Crippen molar-refractivity contribution in [3.8, 4) is 17.3 Å². The number of nitrogens with zero attached hydrogens (tertiary/aromatic N) is 3. The molecule has 0 saturated heterocycles. The first-order valence-electron chi connectivity index (χ1n) is 7.92. The third kappa shape index (κ3) is 2.81. The van der Waals surface area contributed by atoms with E-state index in [2.05, 4.69) is 26.2 Å². The van der Waals surface area contributed by atoms with Crippen LogP contribution in [0, 0.1) is 18.3 Å². The van der Waals surface area contributed by atoms with E-state index in [1.165, 1.54) is 0 Å². The molecule has 5 nitrogen and oxygen atoms in total. The molecule has 0 aliphatic rings. The predicted octanol–water partition coefficient (Wildman–Crippen LogP) is 4.33. The van der Waals surface area contributed by atoms with Crippen LogP contribution in [0.1, 0.15) is 17.0 Å². The van der Waals surface area contributed by atoms with Gasteiger partial charge in [-0.1, -0.05) is 36.4 Å².